The number of nitrogens with zero attached hydrogens (tertiary/aromatic N) is 1. The van der Waals surface area contributed by atoms with Crippen LogP contribution in [0.2, 0.25) is 5.02 Å². The van der Waals surface area contributed by atoms with E-state index in [2.05, 4.69) is 10.6 Å². The number of carbonyl (C=O) groups excluding carboxylic acids is 2. The zero-order chi connectivity index (χ0) is 24.1. The van der Waals surface area contributed by atoms with Crippen molar-refractivity contribution in [3.63, 3.8) is 0 Å². The number of nitrogens with one attached hydrogen (secondary N) is 3. The van der Waals surface area contributed by atoms with Crippen molar-refractivity contribution in [1.82, 2.24) is 15.5 Å². The molecule has 2 saturated heterocycles. The molecule has 3 aliphatic rings. The number of benzene rings is 1. The number of halogens is 1. The van der Waals surface area contributed by atoms with Gasteiger partial charge in [0.2, 0.25) is 0 Å². The van der Waals surface area contributed by atoms with E-state index in [0.717, 1.165) is 31.4 Å². The lowest BCUT2D eigenvalue weighted by atomic mass is 9.93. The molecule has 2 aliphatic heterocycles. The second kappa shape index (κ2) is 11.0. The van der Waals surface area contributed by atoms with Crippen LogP contribution >= 0.6 is 11.6 Å². The van der Waals surface area contributed by atoms with E-state index in [0.29, 0.717) is 59.5 Å². The topological polar surface area (TPSA) is 94.5 Å². The molecule has 8 heteroatoms. The summed E-state index contributed by atoms with van der Waals surface area (Å²) in [6.07, 6.45) is 8.53. The summed E-state index contributed by atoms with van der Waals surface area (Å²) in [5.41, 5.74) is 3.02. The number of amides is 2. The van der Waals surface area contributed by atoms with Crippen molar-refractivity contribution in [2.75, 3.05) is 32.8 Å². The van der Waals surface area contributed by atoms with E-state index >= 15 is 0 Å². The summed E-state index contributed by atoms with van der Waals surface area (Å²) in [6, 6.07) is 6.93. The molecule has 0 bridgehead atoms. The summed E-state index contributed by atoms with van der Waals surface area (Å²) in [5, 5.41) is 15.1. The second-order valence-electron chi connectivity index (χ2n) is 9.09. The van der Waals surface area contributed by atoms with Gasteiger partial charge in [-0.05, 0) is 68.2 Å². The van der Waals surface area contributed by atoms with Crippen LogP contribution < -0.4 is 10.6 Å². The number of carbonyl (C=O) groups is 2. The largest absolute Gasteiger partial charge is 0.390 e. The molecule has 0 spiro atoms. The first kappa shape index (κ1) is 24.2. The summed E-state index contributed by atoms with van der Waals surface area (Å²) in [5.74, 6) is 0.209. The molecular weight excluding hydrogens is 452 g/mol. The normalized spacial score (nSPS) is 22.1. The number of ether oxygens (including phenoxy) is 1. The summed E-state index contributed by atoms with van der Waals surface area (Å²) in [7, 11) is 0. The zero-order valence-electron chi connectivity index (χ0n) is 19.4. The minimum absolute atomic E-state index is 0.0122. The van der Waals surface area contributed by atoms with Crippen LogP contribution in [-0.2, 0) is 9.53 Å². The summed E-state index contributed by atoms with van der Waals surface area (Å²) < 4.78 is 5.69. The van der Waals surface area contributed by atoms with Crippen LogP contribution in [0.4, 0.5) is 0 Å². The molecule has 1 aliphatic carbocycles. The Morgan fingerprint density at radius 3 is 2.65 bits per heavy atom. The molecule has 1 aromatic rings. The van der Waals surface area contributed by atoms with Gasteiger partial charge in [0, 0.05) is 66.6 Å². The fourth-order valence-electron chi connectivity index (χ4n) is 4.33. The Balaban J connectivity index is 1.26. The Bertz CT molecular complexity index is 1030. The maximum atomic E-state index is 12.7. The molecule has 0 radical (unpaired) electrons. The third-order valence-corrected chi connectivity index (χ3v) is 6.66. The molecule has 2 amide bonds. The number of rotatable bonds is 7. The van der Waals surface area contributed by atoms with Gasteiger partial charge < -0.3 is 25.7 Å². The maximum absolute atomic E-state index is 12.7. The first-order valence-corrected chi connectivity index (χ1v) is 12.2. The van der Waals surface area contributed by atoms with Crippen LogP contribution in [0.3, 0.4) is 0 Å². The van der Waals surface area contributed by atoms with E-state index in [-0.39, 0.29) is 17.9 Å². The van der Waals surface area contributed by atoms with Gasteiger partial charge in [0.05, 0.1) is 11.8 Å². The summed E-state index contributed by atoms with van der Waals surface area (Å²) in [4.78, 5) is 27.0. The van der Waals surface area contributed by atoms with Gasteiger partial charge in [-0.25, -0.2) is 0 Å². The molecule has 1 aromatic carbocycles. The second-order valence-corrected chi connectivity index (χ2v) is 9.53. The Hall–Kier alpha value is -2.90. The zero-order valence-corrected chi connectivity index (χ0v) is 20.2. The molecule has 3 N–H and O–H groups in total. The number of hydrogen-bond acceptors (Lipinski definition) is 5. The van der Waals surface area contributed by atoms with Gasteiger partial charge in [0.1, 0.15) is 0 Å². The molecule has 0 saturated carbocycles. The number of hydrogen-bond donors (Lipinski definition) is 3. The third-order valence-electron chi connectivity index (χ3n) is 6.41. The number of likely N-dealkylation sites (tertiary alicyclic amines) is 1. The molecule has 0 aromatic heterocycles. The van der Waals surface area contributed by atoms with Crippen LogP contribution in [0.1, 0.15) is 36.5 Å². The van der Waals surface area contributed by atoms with Crippen molar-refractivity contribution >= 4 is 29.1 Å². The Morgan fingerprint density at radius 2 is 1.94 bits per heavy atom. The lowest BCUT2D eigenvalue weighted by Gasteiger charge is -2.39. The smallest absolute Gasteiger partial charge is 0.253 e. The highest BCUT2D eigenvalue weighted by atomic mass is 35.5. The number of allylic oxidation sites excluding steroid dienone is 3. The van der Waals surface area contributed by atoms with E-state index < -0.39 is 0 Å². The Labute approximate surface area is 205 Å². The maximum Gasteiger partial charge on any atom is 0.253 e. The molecule has 7 nitrogen and oxygen atoms in total. The van der Waals surface area contributed by atoms with Gasteiger partial charge in [0.25, 0.3) is 11.8 Å². The average molecular weight is 483 g/mol. The minimum atomic E-state index is -0.142. The van der Waals surface area contributed by atoms with Gasteiger partial charge in [-0.2, -0.15) is 0 Å². The first-order chi connectivity index (χ1) is 16.4. The van der Waals surface area contributed by atoms with E-state index in [1.54, 1.807) is 42.6 Å². The van der Waals surface area contributed by atoms with E-state index in [1.165, 1.54) is 0 Å². The Kier molecular flexibility index (Phi) is 7.85. The molecule has 1 atom stereocenters. The van der Waals surface area contributed by atoms with Gasteiger partial charge in [-0.3, -0.25) is 9.59 Å². The van der Waals surface area contributed by atoms with E-state index in [1.807, 2.05) is 11.8 Å². The first-order valence-electron chi connectivity index (χ1n) is 11.8. The monoisotopic (exact) mass is 482 g/mol. The van der Waals surface area contributed by atoms with Gasteiger partial charge in [-0.1, -0.05) is 11.6 Å². The predicted molar refractivity (Wildman–Crippen MR) is 133 cm³/mol. The van der Waals surface area contributed by atoms with Gasteiger partial charge in [-0.15, -0.1) is 0 Å². The van der Waals surface area contributed by atoms with E-state index in [4.69, 9.17) is 21.7 Å². The van der Waals surface area contributed by atoms with Crippen molar-refractivity contribution in [2.24, 2.45) is 5.92 Å². The molecule has 4 rings (SSSR count). The molecule has 34 heavy (non-hydrogen) atoms. The molecule has 1 unspecified atom stereocenters. The van der Waals surface area contributed by atoms with Crippen LogP contribution in [0.5, 0.6) is 0 Å². The molecule has 2 fully saturated rings. The van der Waals surface area contributed by atoms with Gasteiger partial charge >= 0.3 is 0 Å². The van der Waals surface area contributed by atoms with Crippen molar-refractivity contribution in [3.8, 4) is 0 Å². The van der Waals surface area contributed by atoms with Crippen molar-refractivity contribution in [1.29, 1.82) is 5.41 Å². The minimum Gasteiger partial charge on any atom is -0.390 e. The molecule has 180 valence electrons. The fraction of sp³-hybridized carbons (Fsp3) is 0.423. The summed E-state index contributed by atoms with van der Waals surface area (Å²) in [6.45, 7) is 5.17. The van der Waals surface area contributed by atoms with Crippen LogP contribution in [-0.4, -0.2) is 61.3 Å². The van der Waals surface area contributed by atoms with Crippen molar-refractivity contribution < 1.29 is 14.3 Å². The quantitative estimate of drug-likeness (QED) is 0.554. The molecular formula is C26H31ClN4O3. The van der Waals surface area contributed by atoms with Gasteiger partial charge in [0.15, 0.2) is 0 Å². The SMILES string of the molecule is CC1=CC(=N)/C(=C\NCC2CN(C(=O)c3ccc(Cl)cc3)C2)C=C1C(=O)NCC1CCCCO1. The summed E-state index contributed by atoms with van der Waals surface area (Å²) >= 11 is 5.89. The highest BCUT2D eigenvalue weighted by Gasteiger charge is 2.30. The van der Waals surface area contributed by atoms with Crippen molar-refractivity contribution in [3.05, 3.63) is 69.9 Å². The molecule has 2 heterocycles. The average Bonchev–Trinajstić information content (AvgIpc) is 2.81. The standard InChI is InChI=1S/C26H31ClN4O3/c1-17-10-24(28)20(11-23(17)25(32)30-14-22-4-2-3-9-34-22)13-29-12-18-15-31(16-18)26(33)19-5-7-21(27)8-6-19/h5-8,10-11,13,18,22,28-29H,2-4,9,12,14-16H2,1H3,(H,30,32)/b20-13-,28-24?. The Morgan fingerprint density at radius 1 is 1.18 bits per heavy atom. The van der Waals surface area contributed by atoms with Crippen LogP contribution in [0.15, 0.2) is 59.3 Å². The highest BCUT2D eigenvalue weighted by molar-refractivity contribution is 6.30. The third kappa shape index (κ3) is 5.96. The lowest BCUT2D eigenvalue weighted by molar-refractivity contribution is -0.118. The van der Waals surface area contributed by atoms with E-state index in [9.17, 15) is 9.59 Å². The fourth-order valence-corrected chi connectivity index (χ4v) is 4.46. The highest BCUT2D eigenvalue weighted by Crippen LogP contribution is 2.22. The van der Waals surface area contributed by atoms with Crippen LogP contribution in [0.25, 0.3) is 0 Å². The lowest BCUT2D eigenvalue weighted by Crippen LogP contribution is -2.52. The predicted octanol–water partition coefficient (Wildman–Crippen LogP) is 3.48. The van der Waals surface area contributed by atoms with Crippen molar-refractivity contribution in [2.45, 2.75) is 32.3 Å². The van der Waals surface area contributed by atoms with Crippen LogP contribution in [0, 0.1) is 11.3 Å².